The second-order valence-electron chi connectivity index (χ2n) is 10.7. The fourth-order valence-corrected chi connectivity index (χ4v) is 5.10. The summed E-state index contributed by atoms with van der Waals surface area (Å²) in [6.07, 6.45) is 7.02. The first-order chi connectivity index (χ1) is 21.6. The summed E-state index contributed by atoms with van der Waals surface area (Å²) in [6, 6.07) is 13.7. The number of allylic oxidation sites excluding steroid dienone is 2. The van der Waals surface area contributed by atoms with Gasteiger partial charge in [-0.3, -0.25) is 20.0 Å². The Hall–Kier alpha value is -3.33. The molecule has 0 aromatic heterocycles. The van der Waals surface area contributed by atoms with Crippen LogP contribution in [-0.2, 0) is 32.4 Å². The normalized spacial score (nSPS) is 20.6. The van der Waals surface area contributed by atoms with Gasteiger partial charge in [0.25, 0.3) is 0 Å². The summed E-state index contributed by atoms with van der Waals surface area (Å²) in [5.74, 6) is -0.881. The summed E-state index contributed by atoms with van der Waals surface area (Å²) in [6.45, 7) is -0.348. The Morgan fingerprint density at radius 1 is 1.04 bits per heavy atom. The summed E-state index contributed by atoms with van der Waals surface area (Å²) < 4.78 is 10.7. The van der Waals surface area contributed by atoms with E-state index in [9.17, 15) is 24.9 Å². The molecular formula is C32H41ClN2O10. The molecule has 45 heavy (non-hydrogen) atoms. The molecule has 1 amide bonds. The van der Waals surface area contributed by atoms with Crippen LogP contribution in [0.15, 0.2) is 72.8 Å². The zero-order chi connectivity index (χ0) is 32.6. The van der Waals surface area contributed by atoms with Gasteiger partial charge in [0, 0.05) is 23.8 Å². The predicted molar refractivity (Wildman–Crippen MR) is 163 cm³/mol. The number of aliphatic hydroxyl groups excluding tert-OH is 3. The molecule has 2 aromatic rings. The highest BCUT2D eigenvalue weighted by atomic mass is 35.5. The molecule has 0 heterocycles. The molecule has 6 N–H and O–H groups in total. The average molecular weight is 649 g/mol. The van der Waals surface area contributed by atoms with Crippen molar-refractivity contribution in [2.45, 2.75) is 63.6 Å². The van der Waals surface area contributed by atoms with E-state index in [0.717, 1.165) is 0 Å². The number of esters is 1. The zero-order valence-electron chi connectivity index (χ0n) is 24.8. The SMILES string of the molecule is O=C(CCC/C=C\C[C@@H]1[C@@H](/C=C/[C@@H](O)COc2cccc(Cl)c2)[C@H](O)C[C@@H]1O)NCC(=O)OCc1cccc(CON(O)O)c1. The molecule has 1 aliphatic rings. The van der Waals surface area contributed by atoms with Crippen LogP contribution in [0, 0.1) is 11.8 Å². The van der Waals surface area contributed by atoms with Crippen molar-refractivity contribution >= 4 is 23.5 Å². The van der Waals surface area contributed by atoms with E-state index >= 15 is 0 Å². The Kier molecular flexibility index (Phi) is 15.5. The van der Waals surface area contributed by atoms with Gasteiger partial charge in [0.1, 0.15) is 31.6 Å². The molecule has 0 spiro atoms. The molecule has 0 bridgehead atoms. The lowest BCUT2D eigenvalue weighted by molar-refractivity contribution is -0.497. The van der Waals surface area contributed by atoms with E-state index in [-0.39, 0.29) is 62.3 Å². The molecule has 1 fully saturated rings. The fraction of sp³-hybridized carbons (Fsp3) is 0.438. The Morgan fingerprint density at radius 3 is 2.56 bits per heavy atom. The predicted octanol–water partition coefficient (Wildman–Crippen LogP) is 3.48. The molecule has 3 rings (SSSR count). The van der Waals surface area contributed by atoms with Crippen molar-refractivity contribution in [3.8, 4) is 5.75 Å². The smallest absolute Gasteiger partial charge is 0.325 e. The number of hydrogen-bond donors (Lipinski definition) is 6. The third-order valence-electron chi connectivity index (χ3n) is 7.21. The minimum Gasteiger partial charge on any atom is -0.491 e. The second-order valence-corrected chi connectivity index (χ2v) is 11.2. The lowest BCUT2D eigenvalue weighted by Gasteiger charge is -2.19. The van der Waals surface area contributed by atoms with Gasteiger partial charge in [-0.2, -0.15) is 0 Å². The Labute approximate surface area is 267 Å². The maximum absolute atomic E-state index is 12.1. The van der Waals surface area contributed by atoms with Crippen molar-refractivity contribution in [3.05, 3.63) is 89.0 Å². The monoisotopic (exact) mass is 648 g/mol. The minimum absolute atomic E-state index is 0.0162. The lowest BCUT2D eigenvalue weighted by atomic mass is 9.89. The van der Waals surface area contributed by atoms with Gasteiger partial charge in [-0.05, 0) is 54.5 Å². The van der Waals surface area contributed by atoms with Gasteiger partial charge in [0.2, 0.25) is 5.91 Å². The van der Waals surface area contributed by atoms with Gasteiger partial charge in [-0.15, -0.1) is 0 Å². The number of carbonyl (C=O) groups excluding carboxylic acids is 2. The average Bonchev–Trinajstić information content (AvgIpc) is 3.28. The molecule has 0 radical (unpaired) electrons. The van der Waals surface area contributed by atoms with Gasteiger partial charge >= 0.3 is 5.97 Å². The number of hydrogen-bond acceptors (Lipinski definition) is 11. The van der Waals surface area contributed by atoms with Crippen LogP contribution < -0.4 is 10.1 Å². The Morgan fingerprint density at radius 2 is 1.80 bits per heavy atom. The summed E-state index contributed by atoms with van der Waals surface area (Å²) in [5, 5.41) is 51.1. The quantitative estimate of drug-likeness (QED) is 0.0603. The van der Waals surface area contributed by atoms with Crippen molar-refractivity contribution in [1.82, 2.24) is 10.7 Å². The number of amides is 1. The van der Waals surface area contributed by atoms with Gasteiger partial charge in [-0.1, -0.05) is 66.2 Å². The summed E-state index contributed by atoms with van der Waals surface area (Å²) in [5.41, 5.74) is 1.31. The number of halogens is 1. The first-order valence-corrected chi connectivity index (χ1v) is 15.0. The van der Waals surface area contributed by atoms with Gasteiger partial charge in [-0.25, -0.2) is 4.84 Å². The van der Waals surface area contributed by atoms with Crippen molar-refractivity contribution in [3.63, 3.8) is 0 Å². The molecule has 5 atom stereocenters. The third kappa shape index (κ3) is 13.7. The van der Waals surface area contributed by atoms with Crippen LogP contribution in [0.5, 0.6) is 5.75 Å². The van der Waals surface area contributed by atoms with E-state index in [0.29, 0.717) is 41.2 Å². The first kappa shape index (κ1) is 36.1. The summed E-state index contributed by atoms with van der Waals surface area (Å²) in [4.78, 5) is 28.7. The summed E-state index contributed by atoms with van der Waals surface area (Å²) in [7, 11) is 0. The Balaban J connectivity index is 1.30. The topological polar surface area (TPSA) is 178 Å². The highest BCUT2D eigenvalue weighted by molar-refractivity contribution is 6.30. The molecule has 2 aromatic carbocycles. The van der Waals surface area contributed by atoms with E-state index in [1.165, 1.54) is 0 Å². The van der Waals surface area contributed by atoms with Crippen LogP contribution >= 0.6 is 11.6 Å². The van der Waals surface area contributed by atoms with Crippen molar-refractivity contribution < 1.29 is 49.6 Å². The van der Waals surface area contributed by atoms with E-state index in [4.69, 9.17) is 31.5 Å². The maximum atomic E-state index is 12.1. The molecule has 0 saturated heterocycles. The Bertz CT molecular complexity index is 1270. The molecule has 246 valence electrons. The second kappa shape index (κ2) is 19.2. The van der Waals surface area contributed by atoms with Crippen LogP contribution in [0.25, 0.3) is 0 Å². The van der Waals surface area contributed by atoms with Gasteiger partial charge in [0.15, 0.2) is 0 Å². The number of unbranched alkanes of at least 4 members (excludes halogenated alkanes) is 1. The van der Waals surface area contributed by atoms with Crippen LogP contribution in [0.1, 0.15) is 43.2 Å². The minimum atomic E-state index is -0.899. The van der Waals surface area contributed by atoms with Crippen LogP contribution in [0.3, 0.4) is 0 Å². The molecule has 13 heteroatoms. The number of carbonyl (C=O) groups is 2. The van der Waals surface area contributed by atoms with E-state index in [2.05, 4.69) is 10.2 Å². The highest BCUT2D eigenvalue weighted by Gasteiger charge is 2.39. The van der Waals surface area contributed by atoms with Crippen LogP contribution in [-0.4, -0.2) is 74.5 Å². The van der Waals surface area contributed by atoms with Crippen molar-refractivity contribution in [2.75, 3.05) is 13.2 Å². The molecule has 1 saturated carbocycles. The number of aliphatic hydroxyl groups is 3. The number of rotatable bonds is 18. The van der Waals surface area contributed by atoms with Gasteiger partial charge in [0.05, 0.1) is 24.2 Å². The molecule has 0 aliphatic heterocycles. The number of ether oxygens (including phenoxy) is 2. The third-order valence-corrected chi connectivity index (χ3v) is 7.44. The number of benzene rings is 2. The molecule has 12 nitrogen and oxygen atoms in total. The van der Waals surface area contributed by atoms with Crippen LogP contribution in [0.2, 0.25) is 5.02 Å². The van der Waals surface area contributed by atoms with E-state index in [1.54, 1.807) is 60.7 Å². The van der Waals surface area contributed by atoms with Crippen molar-refractivity contribution in [2.24, 2.45) is 11.8 Å². The maximum Gasteiger partial charge on any atom is 0.325 e. The number of nitrogens with zero attached hydrogens (tertiary/aromatic N) is 1. The van der Waals surface area contributed by atoms with Crippen molar-refractivity contribution in [1.29, 1.82) is 0 Å². The standard InChI is InChI=1S/C32H41ClN2O10/c33-24-9-6-10-26(16-24)43-21-25(36)13-14-28-27(29(37)17-30(28)38)11-3-1-2-4-12-31(39)34-18-32(40)44-19-22-7-5-8-23(15-22)20-45-35(41)42/h1,3,5-10,13-16,25,27-30,36-38,41-42H,2,4,11-12,17-21H2,(H,34,39)/b3-1-,14-13+/t25-,27-,28-,29+,30-/m1/s1. The van der Waals surface area contributed by atoms with Gasteiger partial charge < -0.3 is 30.1 Å². The van der Waals surface area contributed by atoms with E-state index < -0.39 is 24.3 Å². The molecule has 0 unspecified atom stereocenters. The first-order valence-electron chi connectivity index (χ1n) is 14.7. The van der Waals surface area contributed by atoms with E-state index in [1.807, 2.05) is 12.2 Å². The molecule has 1 aliphatic carbocycles. The fourth-order valence-electron chi connectivity index (χ4n) is 4.92. The number of nitrogens with one attached hydrogen (secondary N) is 1. The van der Waals surface area contributed by atoms with Crippen LogP contribution in [0.4, 0.5) is 0 Å². The largest absolute Gasteiger partial charge is 0.491 e. The highest BCUT2D eigenvalue weighted by Crippen LogP contribution is 2.36. The summed E-state index contributed by atoms with van der Waals surface area (Å²) >= 11 is 5.94. The zero-order valence-corrected chi connectivity index (χ0v) is 25.5. The lowest BCUT2D eigenvalue weighted by Crippen LogP contribution is -2.30. The molecular weight excluding hydrogens is 608 g/mol.